The van der Waals surface area contributed by atoms with Crippen LogP contribution in [0.5, 0.6) is 0 Å². The van der Waals surface area contributed by atoms with Gasteiger partial charge in [-0.1, -0.05) is 6.08 Å². The van der Waals surface area contributed by atoms with Gasteiger partial charge in [0.15, 0.2) is 5.69 Å². The Morgan fingerprint density at radius 2 is 2.45 bits per heavy atom. The van der Waals surface area contributed by atoms with Gasteiger partial charge in [-0.2, -0.15) is 0 Å². The molecule has 0 saturated carbocycles. The molecule has 0 amide bonds. The summed E-state index contributed by atoms with van der Waals surface area (Å²) in [6.07, 6.45) is 5.58. The topological polar surface area (TPSA) is 51.7 Å². The summed E-state index contributed by atoms with van der Waals surface area (Å²) < 4.78 is 10.3. The number of hydrogen-bond donors (Lipinski definition) is 0. The highest BCUT2D eigenvalue weighted by atomic mass is 32.1. The smallest absolute Gasteiger partial charge is 0.357 e. The molecule has 0 spiro atoms. The highest BCUT2D eigenvalue weighted by Gasteiger charge is 2.30. The molecule has 0 unspecified atom stereocenters. The van der Waals surface area contributed by atoms with Gasteiger partial charge in [-0.3, -0.25) is 4.90 Å². The van der Waals surface area contributed by atoms with E-state index in [2.05, 4.69) is 16.0 Å². The first-order valence-corrected chi connectivity index (χ1v) is 8.56. The number of esters is 1. The second-order valence-electron chi connectivity index (χ2n) is 5.78. The maximum Gasteiger partial charge on any atom is 0.357 e. The predicted molar refractivity (Wildman–Crippen MR) is 85.3 cm³/mol. The molecule has 1 atom stereocenters. The van der Waals surface area contributed by atoms with Crippen LogP contribution < -0.4 is 0 Å². The summed E-state index contributed by atoms with van der Waals surface area (Å²) in [5, 5.41) is 1.03. The van der Waals surface area contributed by atoms with E-state index in [0.29, 0.717) is 11.7 Å². The van der Waals surface area contributed by atoms with Crippen LogP contribution in [0.15, 0.2) is 11.6 Å². The van der Waals surface area contributed by atoms with Crippen LogP contribution in [-0.2, 0) is 9.47 Å². The van der Waals surface area contributed by atoms with E-state index in [1.165, 1.54) is 19.1 Å². The number of rotatable bonds is 4. The third-order valence-electron chi connectivity index (χ3n) is 4.23. The van der Waals surface area contributed by atoms with Crippen LogP contribution in [-0.4, -0.2) is 49.3 Å². The minimum absolute atomic E-state index is 0.310. The number of thiazole rings is 1. The summed E-state index contributed by atoms with van der Waals surface area (Å²) in [5.74, 6) is -0.340. The van der Waals surface area contributed by atoms with E-state index in [0.717, 1.165) is 49.0 Å². The quantitative estimate of drug-likeness (QED) is 0.630. The van der Waals surface area contributed by atoms with Crippen molar-refractivity contribution in [1.82, 2.24) is 9.88 Å². The molecule has 6 heteroatoms. The molecule has 0 aliphatic carbocycles. The minimum atomic E-state index is -0.340. The number of hydrogen-bond acceptors (Lipinski definition) is 6. The zero-order valence-electron chi connectivity index (χ0n) is 13.1. The lowest BCUT2D eigenvalue weighted by molar-refractivity contribution is 0.0593. The molecule has 1 saturated heterocycles. The van der Waals surface area contributed by atoms with Crippen molar-refractivity contribution in [1.29, 1.82) is 0 Å². The first kappa shape index (κ1) is 15.6. The lowest BCUT2D eigenvalue weighted by Crippen LogP contribution is -2.28. The van der Waals surface area contributed by atoms with E-state index in [4.69, 9.17) is 9.47 Å². The van der Waals surface area contributed by atoms with E-state index in [1.807, 2.05) is 6.92 Å². The van der Waals surface area contributed by atoms with Crippen LogP contribution in [0.4, 0.5) is 0 Å². The predicted octanol–water partition coefficient (Wildman–Crippen LogP) is 2.72. The molecule has 0 radical (unpaired) electrons. The van der Waals surface area contributed by atoms with E-state index in [9.17, 15) is 4.79 Å². The average molecular weight is 322 g/mol. The molecule has 2 aliphatic rings. The summed E-state index contributed by atoms with van der Waals surface area (Å²) >= 11 is 1.62. The van der Waals surface area contributed by atoms with Gasteiger partial charge in [0.1, 0.15) is 5.01 Å². The molecule has 1 fully saturated rings. The lowest BCUT2D eigenvalue weighted by Gasteiger charge is -2.25. The SMILES string of the molecule is COC(=O)c1nc([C@@H]2CCCN2CC2=CCCOC2)sc1C. The summed E-state index contributed by atoms with van der Waals surface area (Å²) in [7, 11) is 1.40. The second kappa shape index (κ2) is 6.89. The fraction of sp³-hybridized carbons (Fsp3) is 0.625. The van der Waals surface area contributed by atoms with Gasteiger partial charge in [-0.15, -0.1) is 11.3 Å². The summed E-state index contributed by atoms with van der Waals surface area (Å²) in [6, 6.07) is 0.310. The van der Waals surface area contributed by atoms with Crippen molar-refractivity contribution in [2.24, 2.45) is 0 Å². The van der Waals surface area contributed by atoms with Crippen LogP contribution in [0.2, 0.25) is 0 Å². The lowest BCUT2D eigenvalue weighted by atomic mass is 10.1. The Morgan fingerprint density at radius 3 is 3.18 bits per heavy atom. The minimum Gasteiger partial charge on any atom is -0.464 e. The van der Waals surface area contributed by atoms with Crippen molar-refractivity contribution in [3.63, 3.8) is 0 Å². The van der Waals surface area contributed by atoms with Gasteiger partial charge in [-0.05, 0) is 38.3 Å². The Bertz CT molecular complexity index is 582. The number of aryl methyl sites for hydroxylation is 1. The fourth-order valence-corrected chi connectivity index (χ4v) is 4.20. The van der Waals surface area contributed by atoms with Crippen molar-refractivity contribution in [3.05, 3.63) is 27.2 Å². The van der Waals surface area contributed by atoms with Gasteiger partial charge >= 0.3 is 5.97 Å². The normalized spacial score (nSPS) is 22.6. The average Bonchev–Trinajstić information content (AvgIpc) is 3.14. The Balaban J connectivity index is 1.75. The Labute approximate surface area is 134 Å². The van der Waals surface area contributed by atoms with E-state index in [1.54, 1.807) is 11.3 Å². The zero-order valence-corrected chi connectivity index (χ0v) is 13.9. The number of aromatic nitrogens is 1. The molecular weight excluding hydrogens is 300 g/mol. The number of ether oxygens (including phenoxy) is 2. The van der Waals surface area contributed by atoms with Crippen molar-refractivity contribution in [2.45, 2.75) is 32.2 Å². The molecule has 0 N–H and O–H groups in total. The van der Waals surface area contributed by atoms with Gasteiger partial charge in [0.25, 0.3) is 0 Å². The molecule has 3 heterocycles. The highest BCUT2D eigenvalue weighted by Crippen LogP contribution is 2.36. The van der Waals surface area contributed by atoms with Crippen molar-refractivity contribution < 1.29 is 14.3 Å². The molecule has 3 rings (SSSR count). The summed E-state index contributed by atoms with van der Waals surface area (Å²) in [4.78, 5) is 19.7. The molecule has 22 heavy (non-hydrogen) atoms. The van der Waals surface area contributed by atoms with Gasteiger partial charge < -0.3 is 9.47 Å². The third-order valence-corrected chi connectivity index (χ3v) is 5.30. The number of methoxy groups -OCH3 is 1. The van der Waals surface area contributed by atoms with Crippen LogP contribution in [0, 0.1) is 6.92 Å². The number of carbonyl (C=O) groups excluding carboxylic acids is 1. The number of nitrogens with zero attached hydrogens (tertiary/aromatic N) is 2. The molecule has 120 valence electrons. The molecule has 2 aliphatic heterocycles. The van der Waals surface area contributed by atoms with E-state index < -0.39 is 0 Å². The Hall–Kier alpha value is -1.24. The maximum absolute atomic E-state index is 11.7. The monoisotopic (exact) mass is 322 g/mol. The van der Waals surface area contributed by atoms with Crippen molar-refractivity contribution >= 4 is 17.3 Å². The van der Waals surface area contributed by atoms with Gasteiger partial charge in [0.05, 0.1) is 26.4 Å². The van der Waals surface area contributed by atoms with E-state index >= 15 is 0 Å². The first-order valence-electron chi connectivity index (χ1n) is 7.74. The second-order valence-corrected chi connectivity index (χ2v) is 7.02. The van der Waals surface area contributed by atoms with Crippen LogP contribution in [0.1, 0.15) is 45.7 Å². The largest absolute Gasteiger partial charge is 0.464 e. The van der Waals surface area contributed by atoms with Gasteiger partial charge in [-0.25, -0.2) is 9.78 Å². The van der Waals surface area contributed by atoms with Gasteiger partial charge in [0.2, 0.25) is 0 Å². The zero-order chi connectivity index (χ0) is 15.5. The van der Waals surface area contributed by atoms with Crippen molar-refractivity contribution in [2.75, 3.05) is 33.4 Å². The number of carbonyl (C=O) groups is 1. The summed E-state index contributed by atoms with van der Waals surface area (Å²) in [5.41, 5.74) is 1.83. The molecule has 1 aromatic rings. The fourth-order valence-electron chi connectivity index (χ4n) is 3.12. The molecule has 5 nitrogen and oxygen atoms in total. The molecular formula is C16H22N2O3S. The number of likely N-dealkylation sites (tertiary alicyclic amines) is 1. The van der Waals surface area contributed by atoms with Gasteiger partial charge in [0, 0.05) is 11.4 Å². The molecule has 0 aromatic carbocycles. The maximum atomic E-state index is 11.7. The third kappa shape index (κ3) is 3.24. The standard InChI is InChI=1S/C16H22N2O3S/c1-11-14(16(19)20-2)17-15(22-11)13-6-3-7-18(13)9-12-5-4-8-21-10-12/h5,13H,3-4,6-10H2,1-2H3/t13-/m0/s1. The van der Waals surface area contributed by atoms with Crippen LogP contribution >= 0.6 is 11.3 Å². The first-order chi connectivity index (χ1) is 10.7. The molecule has 0 bridgehead atoms. The van der Waals surface area contributed by atoms with E-state index in [-0.39, 0.29) is 5.97 Å². The van der Waals surface area contributed by atoms with Crippen LogP contribution in [0.25, 0.3) is 0 Å². The van der Waals surface area contributed by atoms with Crippen LogP contribution in [0.3, 0.4) is 0 Å². The van der Waals surface area contributed by atoms with Crippen molar-refractivity contribution in [3.8, 4) is 0 Å². The highest BCUT2D eigenvalue weighted by molar-refractivity contribution is 7.11. The summed E-state index contributed by atoms with van der Waals surface area (Å²) in [6.45, 7) is 5.53. The Kier molecular flexibility index (Phi) is 4.90. The molecule has 1 aromatic heterocycles. The Morgan fingerprint density at radius 1 is 1.59 bits per heavy atom.